The fraction of sp³-hybridized carbons (Fsp3) is 0.647. The Hall–Kier alpha value is -1.06. The lowest BCUT2D eigenvalue weighted by molar-refractivity contribution is 0.0800. The molecule has 2 N–H and O–H groups in total. The molecule has 1 aromatic carbocycles. The molecule has 1 saturated carbocycles. The van der Waals surface area contributed by atoms with Gasteiger partial charge in [0.15, 0.2) is 0 Å². The predicted octanol–water partition coefficient (Wildman–Crippen LogP) is 3.31. The van der Waals surface area contributed by atoms with Crippen molar-refractivity contribution in [1.29, 1.82) is 0 Å². The van der Waals surface area contributed by atoms with E-state index in [1.807, 2.05) is 12.1 Å². The highest BCUT2D eigenvalue weighted by atomic mass is 16.5. The van der Waals surface area contributed by atoms with Crippen LogP contribution in [-0.2, 0) is 11.2 Å². The number of hydrogen-bond donors (Lipinski definition) is 1. The summed E-state index contributed by atoms with van der Waals surface area (Å²) in [5.74, 6) is 0.897. The summed E-state index contributed by atoms with van der Waals surface area (Å²) in [5.41, 5.74) is 7.62. The van der Waals surface area contributed by atoms with E-state index in [1.165, 1.54) is 31.2 Å². The van der Waals surface area contributed by atoms with Gasteiger partial charge in [0.1, 0.15) is 5.75 Å². The highest BCUT2D eigenvalue weighted by molar-refractivity contribution is 5.27. The molecule has 0 bridgehead atoms. The van der Waals surface area contributed by atoms with Crippen LogP contribution < -0.4 is 10.5 Å². The Labute approximate surface area is 122 Å². The summed E-state index contributed by atoms with van der Waals surface area (Å²) in [6, 6.07) is 8.16. The van der Waals surface area contributed by atoms with Gasteiger partial charge in [-0.1, -0.05) is 37.8 Å². The molecular weight excluding hydrogens is 250 g/mol. The van der Waals surface area contributed by atoms with Crippen LogP contribution >= 0.6 is 0 Å². The van der Waals surface area contributed by atoms with E-state index in [0.29, 0.717) is 6.61 Å². The molecule has 0 amide bonds. The minimum Gasteiger partial charge on any atom is -0.497 e. The van der Waals surface area contributed by atoms with Gasteiger partial charge in [0.05, 0.1) is 20.3 Å². The first kappa shape index (κ1) is 15.3. The van der Waals surface area contributed by atoms with E-state index in [1.54, 1.807) is 7.11 Å². The first-order valence-corrected chi connectivity index (χ1v) is 7.71. The van der Waals surface area contributed by atoms with E-state index in [9.17, 15) is 0 Å². The molecule has 0 unspecified atom stereocenters. The summed E-state index contributed by atoms with van der Waals surface area (Å²) in [4.78, 5) is 0. The molecule has 0 saturated heterocycles. The fourth-order valence-corrected chi connectivity index (χ4v) is 2.83. The van der Waals surface area contributed by atoms with Gasteiger partial charge in [0.2, 0.25) is 0 Å². The van der Waals surface area contributed by atoms with Crippen molar-refractivity contribution in [2.24, 2.45) is 5.73 Å². The average molecular weight is 277 g/mol. The molecule has 20 heavy (non-hydrogen) atoms. The van der Waals surface area contributed by atoms with Crippen molar-refractivity contribution in [3.05, 3.63) is 29.8 Å². The molecule has 1 aliphatic carbocycles. The van der Waals surface area contributed by atoms with Crippen LogP contribution in [-0.4, -0.2) is 25.9 Å². The summed E-state index contributed by atoms with van der Waals surface area (Å²) in [7, 11) is 1.69. The molecule has 1 aromatic rings. The molecule has 1 aliphatic rings. The fourth-order valence-electron chi connectivity index (χ4n) is 2.83. The lowest BCUT2D eigenvalue weighted by Crippen LogP contribution is -2.44. The number of rotatable bonds is 6. The molecule has 112 valence electrons. The Morgan fingerprint density at radius 2 is 1.70 bits per heavy atom. The molecule has 2 rings (SSSR count). The van der Waals surface area contributed by atoms with Crippen LogP contribution in [0, 0.1) is 0 Å². The number of hydrogen-bond acceptors (Lipinski definition) is 3. The maximum absolute atomic E-state index is 6.43. The van der Waals surface area contributed by atoms with Crippen LogP contribution in [0.1, 0.15) is 44.1 Å². The second-order valence-corrected chi connectivity index (χ2v) is 5.93. The summed E-state index contributed by atoms with van der Waals surface area (Å²) in [5, 5.41) is 0. The van der Waals surface area contributed by atoms with Crippen molar-refractivity contribution in [3.63, 3.8) is 0 Å². The van der Waals surface area contributed by atoms with Gasteiger partial charge in [-0.25, -0.2) is 0 Å². The van der Waals surface area contributed by atoms with Crippen LogP contribution in [0.5, 0.6) is 5.75 Å². The number of methoxy groups -OCH3 is 1. The van der Waals surface area contributed by atoms with Crippen molar-refractivity contribution in [3.8, 4) is 5.75 Å². The lowest BCUT2D eigenvalue weighted by Gasteiger charge is -2.27. The van der Waals surface area contributed by atoms with Crippen molar-refractivity contribution >= 4 is 0 Å². The monoisotopic (exact) mass is 277 g/mol. The summed E-state index contributed by atoms with van der Waals surface area (Å²) in [6.07, 6.45) is 8.29. The largest absolute Gasteiger partial charge is 0.497 e. The van der Waals surface area contributed by atoms with Gasteiger partial charge < -0.3 is 15.2 Å². The predicted molar refractivity (Wildman–Crippen MR) is 82.1 cm³/mol. The Balaban J connectivity index is 1.69. The van der Waals surface area contributed by atoms with Crippen molar-refractivity contribution in [1.82, 2.24) is 0 Å². The average Bonchev–Trinajstić information content (AvgIpc) is 2.69. The van der Waals surface area contributed by atoms with Gasteiger partial charge in [0.25, 0.3) is 0 Å². The van der Waals surface area contributed by atoms with E-state index in [0.717, 1.165) is 31.6 Å². The van der Waals surface area contributed by atoms with Gasteiger partial charge in [-0.15, -0.1) is 0 Å². The topological polar surface area (TPSA) is 44.5 Å². The van der Waals surface area contributed by atoms with Crippen molar-refractivity contribution < 1.29 is 9.47 Å². The Morgan fingerprint density at radius 3 is 2.30 bits per heavy atom. The van der Waals surface area contributed by atoms with Crippen LogP contribution in [0.25, 0.3) is 0 Å². The molecule has 0 aromatic heterocycles. The smallest absolute Gasteiger partial charge is 0.118 e. The molecule has 3 heteroatoms. The van der Waals surface area contributed by atoms with Crippen LogP contribution in [0.2, 0.25) is 0 Å². The second kappa shape index (κ2) is 7.65. The number of ether oxygens (including phenoxy) is 2. The zero-order valence-electron chi connectivity index (χ0n) is 12.6. The Kier molecular flexibility index (Phi) is 5.86. The SMILES string of the molecule is COc1ccc(CCOCC2(N)CCCCCC2)cc1. The molecule has 0 aliphatic heterocycles. The number of nitrogens with two attached hydrogens (primary N) is 1. The molecule has 1 fully saturated rings. The summed E-state index contributed by atoms with van der Waals surface area (Å²) >= 11 is 0. The van der Waals surface area contributed by atoms with Crippen LogP contribution in [0.3, 0.4) is 0 Å². The Morgan fingerprint density at radius 1 is 1.05 bits per heavy atom. The maximum Gasteiger partial charge on any atom is 0.118 e. The molecular formula is C17H27NO2. The third-order valence-corrected chi connectivity index (χ3v) is 4.18. The van der Waals surface area contributed by atoms with Crippen LogP contribution in [0.15, 0.2) is 24.3 Å². The number of benzene rings is 1. The zero-order valence-corrected chi connectivity index (χ0v) is 12.6. The van der Waals surface area contributed by atoms with Gasteiger partial charge in [-0.3, -0.25) is 0 Å². The first-order valence-electron chi connectivity index (χ1n) is 7.71. The third-order valence-electron chi connectivity index (χ3n) is 4.18. The van der Waals surface area contributed by atoms with Gasteiger partial charge in [-0.05, 0) is 37.0 Å². The molecule has 0 spiro atoms. The van der Waals surface area contributed by atoms with Gasteiger partial charge in [-0.2, -0.15) is 0 Å². The second-order valence-electron chi connectivity index (χ2n) is 5.93. The van der Waals surface area contributed by atoms with E-state index in [-0.39, 0.29) is 5.54 Å². The third kappa shape index (κ3) is 4.80. The zero-order chi connectivity index (χ0) is 14.3. The van der Waals surface area contributed by atoms with Crippen LogP contribution in [0.4, 0.5) is 0 Å². The molecule has 3 nitrogen and oxygen atoms in total. The van der Waals surface area contributed by atoms with Gasteiger partial charge >= 0.3 is 0 Å². The molecule has 0 heterocycles. The summed E-state index contributed by atoms with van der Waals surface area (Å²) < 4.78 is 11.0. The first-order chi connectivity index (χ1) is 9.72. The quantitative estimate of drug-likeness (QED) is 0.641. The van der Waals surface area contributed by atoms with E-state index < -0.39 is 0 Å². The molecule has 0 radical (unpaired) electrons. The van der Waals surface area contributed by atoms with E-state index >= 15 is 0 Å². The van der Waals surface area contributed by atoms with E-state index in [4.69, 9.17) is 15.2 Å². The highest BCUT2D eigenvalue weighted by Crippen LogP contribution is 2.25. The standard InChI is InChI=1S/C17H27NO2/c1-19-16-8-6-15(7-9-16)10-13-20-14-17(18)11-4-2-3-5-12-17/h6-9H,2-5,10-14,18H2,1H3. The lowest BCUT2D eigenvalue weighted by atomic mass is 9.93. The van der Waals surface area contributed by atoms with Crippen molar-refractivity contribution in [2.45, 2.75) is 50.5 Å². The van der Waals surface area contributed by atoms with Crippen molar-refractivity contribution in [2.75, 3.05) is 20.3 Å². The molecule has 0 atom stereocenters. The summed E-state index contributed by atoms with van der Waals surface area (Å²) in [6.45, 7) is 1.44. The Bertz CT molecular complexity index is 380. The maximum atomic E-state index is 6.43. The highest BCUT2D eigenvalue weighted by Gasteiger charge is 2.26. The minimum atomic E-state index is -0.0869. The minimum absolute atomic E-state index is 0.0869. The van der Waals surface area contributed by atoms with Gasteiger partial charge in [0, 0.05) is 5.54 Å². The normalized spacial score (nSPS) is 18.5. The van der Waals surface area contributed by atoms with E-state index in [2.05, 4.69) is 12.1 Å².